The summed E-state index contributed by atoms with van der Waals surface area (Å²) in [5, 5.41) is 15.4. The lowest BCUT2D eigenvalue weighted by Gasteiger charge is -2.39. The first-order chi connectivity index (χ1) is 9.02. The van der Waals surface area contributed by atoms with E-state index in [0.29, 0.717) is 11.7 Å². The van der Waals surface area contributed by atoms with E-state index in [1.807, 2.05) is 31.7 Å². The second kappa shape index (κ2) is 6.29. The first-order valence-corrected chi connectivity index (χ1v) is 8.49. The van der Waals surface area contributed by atoms with Crippen molar-refractivity contribution in [3.63, 3.8) is 0 Å². The minimum Gasteiger partial charge on any atom is -0.480 e. The van der Waals surface area contributed by atoms with E-state index in [4.69, 9.17) is 0 Å². The maximum absolute atomic E-state index is 11.7. The number of thiophene rings is 1. The molecular weight excluding hydrogens is 278 g/mol. The highest BCUT2D eigenvalue weighted by molar-refractivity contribution is 8.01. The normalized spacial score (nSPS) is 27.6. The lowest BCUT2D eigenvalue weighted by molar-refractivity contribution is -0.146. The zero-order valence-electron chi connectivity index (χ0n) is 11.4. The van der Waals surface area contributed by atoms with Crippen molar-refractivity contribution in [2.45, 2.75) is 60.6 Å². The fraction of sp³-hybridized carbons (Fsp3) is 0.643. The number of rotatable bonds is 5. The van der Waals surface area contributed by atoms with Gasteiger partial charge in [0.1, 0.15) is 5.54 Å². The van der Waals surface area contributed by atoms with Crippen molar-refractivity contribution >= 4 is 29.1 Å². The Hall–Kier alpha value is -0.520. The van der Waals surface area contributed by atoms with Crippen LogP contribution >= 0.6 is 23.1 Å². The highest BCUT2D eigenvalue weighted by Crippen LogP contribution is 2.40. The van der Waals surface area contributed by atoms with Gasteiger partial charge in [-0.1, -0.05) is 6.07 Å². The second-order valence-corrected chi connectivity index (χ2v) is 8.00. The van der Waals surface area contributed by atoms with Crippen LogP contribution in [0, 0.1) is 0 Å². The van der Waals surface area contributed by atoms with Crippen LogP contribution in [0.25, 0.3) is 0 Å². The van der Waals surface area contributed by atoms with Gasteiger partial charge >= 0.3 is 5.97 Å². The highest BCUT2D eigenvalue weighted by Gasteiger charge is 2.43. The van der Waals surface area contributed by atoms with Gasteiger partial charge < -0.3 is 5.11 Å². The van der Waals surface area contributed by atoms with Gasteiger partial charge in [0.25, 0.3) is 0 Å². The molecule has 3 nitrogen and oxygen atoms in total. The van der Waals surface area contributed by atoms with E-state index >= 15 is 0 Å². The van der Waals surface area contributed by atoms with Gasteiger partial charge in [-0.15, -0.1) is 23.1 Å². The van der Waals surface area contributed by atoms with Gasteiger partial charge in [0.15, 0.2) is 0 Å². The third kappa shape index (κ3) is 3.74. The molecule has 2 unspecified atom stereocenters. The molecule has 106 valence electrons. The Morgan fingerprint density at radius 3 is 3.00 bits per heavy atom. The first kappa shape index (κ1) is 14.9. The van der Waals surface area contributed by atoms with Crippen LogP contribution in [0.2, 0.25) is 0 Å². The van der Waals surface area contributed by atoms with Gasteiger partial charge in [0.05, 0.1) is 4.21 Å². The van der Waals surface area contributed by atoms with Crippen molar-refractivity contribution in [3.05, 3.63) is 17.5 Å². The Morgan fingerprint density at radius 2 is 2.42 bits per heavy atom. The van der Waals surface area contributed by atoms with Crippen molar-refractivity contribution in [3.8, 4) is 0 Å². The quantitative estimate of drug-likeness (QED) is 0.872. The molecule has 0 saturated heterocycles. The van der Waals surface area contributed by atoms with Crippen LogP contribution in [0.3, 0.4) is 0 Å². The maximum atomic E-state index is 11.7. The van der Waals surface area contributed by atoms with Crippen LogP contribution in [-0.4, -0.2) is 27.9 Å². The number of hydrogen-bond acceptors (Lipinski definition) is 4. The third-order valence-electron chi connectivity index (χ3n) is 3.46. The van der Waals surface area contributed by atoms with Crippen molar-refractivity contribution in [2.75, 3.05) is 0 Å². The van der Waals surface area contributed by atoms with Gasteiger partial charge in [-0.25, -0.2) is 0 Å². The van der Waals surface area contributed by atoms with Gasteiger partial charge in [-0.05, 0) is 51.0 Å². The van der Waals surface area contributed by atoms with E-state index < -0.39 is 11.5 Å². The molecule has 0 radical (unpaired) electrons. The van der Waals surface area contributed by atoms with Crippen LogP contribution in [0.4, 0.5) is 0 Å². The maximum Gasteiger partial charge on any atom is 0.323 e. The van der Waals surface area contributed by atoms with E-state index in [9.17, 15) is 9.90 Å². The summed E-state index contributed by atoms with van der Waals surface area (Å²) in [4.78, 5) is 11.7. The summed E-state index contributed by atoms with van der Waals surface area (Å²) >= 11 is 3.57. The molecular formula is C14H21NO2S2. The molecule has 0 bridgehead atoms. The van der Waals surface area contributed by atoms with Crippen LogP contribution < -0.4 is 5.32 Å². The largest absolute Gasteiger partial charge is 0.480 e. The summed E-state index contributed by atoms with van der Waals surface area (Å²) in [6, 6.07) is 4.36. The molecule has 1 aromatic heterocycles. The smallest absolute Gasteiger partial charge is 0.323 e. The Balaban J connectivity index is 2.06. The Morgan fingerprint density at radius 1 is 1.63 bits per heavy atom. The molecule has 0 amide bonds. The molecule has 1 heterocycles. The molecule has 2 N–H and O–H groups in total. The Bertz CT molecular complexity index is 419. The zero-order valence-corrected chi connectivity index (χ0v) is 13.0. The number of carboxylic acids is 1. The van der Waals surface area contributed by atoms with Crippen molar-refractivity contribution in [1.82, 2.24) is 5.32 Å². The Labute approximate surface area is 122 Å². The van der Waals surface area contributed by atoms with E-state index in [0.717, 1.165) is 19.3 Å². The van der Waals surface area contributed by atoms with E-state index in [1.165, 1.54) is 4.21 Å². The topological polar surface area (TPSA) is 49.3 Å². The summed E-state index contributed by atoms with van der Waals surface area (Å²) in [5.41, 5.74) is -0.735. The molecule has 1 aromatic rings. The number of nitrogens with one attached hydrogen (secondary N) is 1. The molecule has 1 aliphatic carbocycles. The number of carbonyl (C=O) groups is 1. The SMILES string of the molecule is CC(C)NC1(C(=O)O)CCCC(Sc2cccs2)C1. The predicted octanol–water partition coefficient (Wildman–Crippen LogP) is 3.60. The first-order valence-electron chi connectivity index (χ1n) is 6.73. The summed E-state index contributed by atoms with van der Waals surface area (Å²) in [5.74, 6) is -0.697. The van der Waals surface area contributed by atoms with Crippen molar-refractivity contribution < 1.29 is 9.90 Å². The van der Waals surface area contributed by atoms with Gasteiger partial charge in [0.2, 0.25) is 0 Å². The average molecular weight is 299 g/mol. The van der Waals surface area contributed by atoms with Crippen molar-refractivity contribution in [2.24, 2.45) is 0 Å². The fourth-order valence-corrected chi connectivity index (χ4v) is 5.14. The standard InChI is InChI=1S/C14H21NO2S2/c1-10(2)15-14(13(16)17)7-3-5-11(9-14)19-12-6-4-8-18-12/h4,6,8,10-11,15H,3,5,7,9H2,1-2H3,(H,16,17). The van der Waals surface area contributed by atoms with Crippen LogP contribution in [-0.2, 0) is 4.79 Å². The van der Waals surface area contributed by atoms with Crippen molar-refractivity contribution in [1.29, 1.82) is 0 Å². The number of aliphatic carboxylic acids is 1. The van der Waals surface area contributed by atoms with Crippen LogP contribution in [0.5, 0.6) is 0 Å². The fourth-order valence-electron chi connectivity index (χ4n) is 2.76. The highest BCUT2D eigenvalue weighted by atomic mass is 32.2. The molecule has 2 atom stereocenters. The molecule has 1 saturated carbocycles. The number of carboxylic acid groups (broad SMARTS) is 1. The lowest BCUT2D eigenvalue weighted by Crippen LogP contribution is -2.57. The van der Waals surface area contributed by atoms with E-state index in [2.05, 4.69) is 16.8 Å². The summed E-state index contributed by atoms with van der Waals surface area (Å²) in [6.45, 7) is 4.03. The molecule has 2 rings (SSSR count). The molecule has 0 aliphatic heterocycles. The van der Waals surface area contributed by atoms with Gasteiger partial charge in [0, 0.05) is 11.3 Å². The van der Waals surface area contributed by atoms with Crippen LogP contribution in [0.1, 0.15) is 39.5 Å². The average Bonchev–Trinajstić information content (AvgIpc) is 2.81. The number of thioether (sulfide) groups is 1. The lowest BCUT2D eigenvalue weighted by atomic mass is 9.81. The van der Waals surface area contributed by atoms with E-state index in [-0.39, 0.29) is 6.04 Å². The van der Waals surface area contributed by atoms with Gasteiger partial charge in [-0.3, -0.25) is 10.1 Å². The zero-order chi connectivity index (χ0) is 13.9. The third-order valence-corrected chi connectivity index (χ3v) is 5.80. The molecule has 5 heteroatoms. The predicted molar refractivity (Wildman–Crippen MR) is 81.1 cm³/mol. The van der Waals surface area contributed by atoms with Crippen LogP contribution in [0.15, 0.2) is 21.7 Å². The summed E-state index contributed by atoms with van der Waals surface area (Å²) in [7, 11) is 0. The second-order valence-electron chi connectivity index (χ2n) is 5.45. The monoisotopic (exact) mass is 299 g/mol. The summed E-state index contributed by atoms with van der Waals surface area (Å²) in [6.07, 6.45) is 3.54. The minimum atomic E-state index is -0.735. The molecule has 19 heavy (non-hydrogen) atoms. The molecule has 0 spiro atoms. The Kier molecular flexibility index (Phi) is 4.92. The molecule has 1 fully saturated rings. The summed E-state index contributed by atoms with van der Waals surface area (Å²) < 4.78 is 1.29. The number of hydrogen-bond donors (Lipinski definition) is 2. The molecule has 1 aliphatic rings. The van der Waals surface area contributed by atoms with Gasteiger partial charge in [-0.2, -0.15) is 0 Å². The molecule has 0 aromatic carbocycles. The van der Waals surface area contributed by atoms with E-state index in [1.54, 1.807) is 11.3 Å². The minimum absolute atomic E-state index is 0.196.